The van der Waals surface area contributed by atoms with Gasteiger partial charge in [-0.25, -0.2) is 5.06 Å². The Morgan fingerprint density at radius 2 is 2.29 bits per heavy atom. The van der Waals surface area contributed by atoms with Crippen LogP contribution in [0.2, 0.25) is 0 Å². The summed E-state index contributed by atoms with van der Waals surface area (Å²) >= 11 is 0. The highest BCUT2D eigenvalue weighted by atomic mass is 35.5. The fraction of sp³-hybridized carbons (Fsp3) is 0.250. The molecule has 0 saturated heterocycles. The Labute approximate surface area is 88.2 Å². The first-order valence-electron chi connectivity index (χ1n) is 3.68. The van der Waals surface area contributed by atoms with Crippen molar-refractivity contribution in [2.24, 2.45) is 0 Å². The third kappa shape index (κ3) is 2.58. The summed E-state index contributed by atoms with van der Waals surface area (Å²) in [6, 6.07) is 1.57. The van der Waals surface area contributed by atoms with Crippen LogP contribution in [0.4, 0.5) is 5.69 Å². The summed E-state index contributed by atoms with van der Waals surface area (Å²) in [7, 11) is 2.92. The normalized spacial score (nSPS) is 9.00. The summed E-state index contributed by atoms with van der Waals surface area (Å²) in [5, 5.41) is 1.09. The van der Waals surface area contributed by atoms with Gasteiger partial charge in [0, 0.05) is 25.1 Å². The van der Waals surface area contributed by atoms with Gasteiger partial charge in [-0.05, 0) is 6.07 Å². The lowest BCUT2D eigenvalue weighted by molar-refractivity contribution is -0.0756. The standard InChI is InChI=1S/C8H11N3O2.ClH/c1-11(13-2)8(12)6-5-10-4-3-7(6)9;/h3-5H,1-2H3,(H2,9,10);1H. The van der Waals surface area contributed by atoms with Gasteiger partial charge in [0.05, 0.1) is 12.7 Å². The van der Waals surface area contributed by atoms with Crippen LogP contribution in [0.15, 0.2) is 18.5 Å². The first-order valence-corrected chi connectivity index (χ1v) is 3.68. The highest BCUT2D eigenvalue weighted by Crippen LogP contribution is 2.10. The van der Waals surface area contributed by atoms with Crippen molar-refractivity contribution < 1.29 is 9.63 Å². The zero-order valence-electron chi connectivity index (χ0n) is 7.93. The number of hydroxylamine groups is 2. The number of anilines is 1. The molecule has 14 heavy (non-hydrogen) atoms. The fourth-order valence-electron chi connectivity index (χ4n) is 0.836. The number of amides is 1. The van der Waals surface area contributed by atoms with Gasteiger partial charge in [0.1, 0.15) is 0 Å². The Morgan fingerprint density at radius 1 is 1.64 bits per heavy atom. The number of pyridine rings is 1. The Bertz CT molecular complexity index is 319. The molecular weight excluding hydrogens is 206 g/mol. The Balaban J connectivity index is 0.00000169. The topological polar surface area (TPSA) is 68.5 Å². The number of nitrogens with two attached hydrogens (primary N) is 1. The molecule has 5 nitrogen and oxygen atoms in total. The van der Waals surface area contributed by atoms with Crippen LogP contribution in [-0.4, -0.2) is 30.1 Å². The quantitative estimate of drug-likeness (QED) is 0.742. The minimum Gasteiger partial charge on any atom is -0.398 e. The van der Waals surface area contributed by atoms with Crippen LogP contribution < -0.4 is 5.73 Å². The van der Waals surface area contributed by atoms with E-state index in [0.29, 0.717) is 11.3 Å². The third-order valence-electron chi connectivity index (χ3n) is 1.65. The van der Waals surface area contributed by atoms with Crippen molar-refractivity contribution in [3.05, 3.63) is 24.0 Å². The number of nitrogens with zero attached hydrogens (tertiary/aromatic N) is 2. The van der Waals surface area contributed by atoms with Crippen LogP contribution in [0.1, 0.15) is 10.4 Å². The summed E-state index contributed by atoms with van der Waals surface area (Å²) in [5.74, 6) is -0.312. The van der Waals surface area contributed by atoms with E-state index in [2.05, 4.69) is 4.98 Å². The van der Waals surface area contributed by atoms with E-state index in [0.717, 1.165) is 5.06 Å². The van der Waals surface area contributed by atoms with Crippen molar-refractivity contribution in [1.29, 1.82) is 0 Å². The van der Waals surface area contributed by atoms with Gasteiger partial charge in [-0.3, -0.25) is 14.6 Å². The van der Waals surface area contributed by atoms with E-state index in [-0.39, 0.29) is 18.3 Å². The molecule has 78 valence electrons. The molecule has 0 aliphatic carbocycles. The SMILES string of the molecule is CON(C)C(=O)c1cnccc1N.Cl. The molecule has 1 aromatic rings. The number of hydrogen-bond donors (Lipinski definition) is 1. The fourth-order valence-corrected chi connectivity index (χ4v) is 0.836. The maximum atomic E-state index is 11.5. The van der Waals surface area contributed by atoms with E-state index in [1.807, 2.05) is 0 Å². The molecule has 0 radical (unpaired) electrons. The van der Waals surface area contributed by atoms with Crippen LogP contribution in [0, 0.1) is 0 Å². The van der Waals surface area contributed by atoms with Gasteiger partial charge >= 0.3 is 0 Å². The summed E-state index contributed by atoms with van der Waals surface area (Å²) in [4.78, 5) is 20.0. The lowest BCUT2D eigenvalue weighted by Gasteiger charge is -2.13. The predicted molar refractivity (Wildman–Crippen MR) is 55.0 cm³/mol. The Kier molecular flexibility index (Phi) is 4.90. The minimum absolute atomic E-state index is 0. The molecule has 1 heterocycles. The van der Waals surface area contributed by atoms with Crippen LogP contribution in [0.25, 0.3) is 0 Å². The number of carbonyl (C=O) groups is 1. The maximum Gasteiger partial charge on any atom is 0.280 e. The number of halogens is 1. The second kappa shape index (κ2) is 5.41. The van der Waals surface area contributed by atoms with Gasteiger partial charge in [0.2, 0.25) is 0 Å². The van der Waals surface area contributed by atoms with Crippen LogP contribution in [-0.2, 0) is 4.84 Å². The molecule has 1 aromatic heterocycles. The van der Waals surface area contributed by atoms with Gasteiger partial charge < -0.3 is 5.73 Å². The van der Waals surface area contributed by atoms with Gasteiger partial charge in [-0.2, -0.15) is 0 Å². The third-order valence-corrected chi connectivity index (χ3v) is 1.65. The lowest BCUT2D eigenvalue weighted by Crippen LogP contribution is -2.26. The highest BCUT2D eigenvalue weighted by Gasteiger charge is 2.13. The molecule has 2 N–H and O–H groups in total. The summed E-state index contributed by atoms with van der Waals surface area (Å²) in [5.41, 5.74) is 6.30. The summed E-state index contributed by atoms with van der Waals surface area (Å²) in [6.45, 7) is 0. The van der Waals surface area contributed by atoms with E-state index in [1.54, 1.807) is 6.07 Å². The molecule has 0 fully saturated rings. The number of aromatic nitrogens is 1. The molecule has 0 aliphatic heterocycles. The van der Waals surface area contributed by atoms with Crippen LogP contribution in [0.3, 0.4) is 0 Å². The van der Waals surface area contributed by atoms with Crippen molar-refractivity contribution in [3.8, 4) is 0 Å². The average Bonchev–Trinajstić information content (AvgIpc) is 2.16. The molecule has 1 rings (SSSR count). The first-order chi connectivity index (χ1) is 6.16. The van der Waals surface area contributed by atoms with Crippen LogP contribution in [0.5, 0.6) is 0 Å². The van der Waals surface area contributed by atoms with Crippen LogP contribution >= 0.6 is 12.4 Å². The van der Waals surface area contributed by atoms with E-state index >= 15 is 0 Å². The predicted octanol–water partition coefficient (Wildman–Crippen LogP) is 0.719. The maximum absolute atomic E-state index is 11.5. The van der Waals surface area contributed by atoms with E-state index in [9.17, 15) is 4.79 Å². The molecule has 6 heteroatoms. The zero-order chi connectivity index (χ0) is 9.84. The Morgan fingerprint density at radius 3 is 2.79 bits per heavy atom. The summed E-state index contributed by atoms with van der Waals surface area (Å²) in [6.07, 6.45) is 2.94. The Hall–Kier alpha value is -1.33. The molecule has 0 spiro atoms. The van der Waals surface area contributed by atoms with Gasteiger partial charge in [0.15, 0.2) is 0 Å². The largest absolute Gasteiger partial charge is 0.398 e. The minimum atomic E-state index is -0.312. The molecule has 1 amide bonds. The molecule has 0 aromatic carbocycles. The monoisotopic (exact) mass is 217 g/mol. The second-order valence-corrected chi connectivity index (χ2v) is 2.45. The van der Waals surface area contributed by atoms with Gasteiger partial charge in [-0.15, -0.1) is 12.4 Å². The number of rotatable bonds is 2. The second-order valence-electron chi connectivity index (χ2n) is 2.45. The van der Waals surface area contributed by atoms with Gasteiger partial charge in [0.25, 0.3) is 5.91 Å². The van der Waals surface area contributed by atoms with Crippen molar-refractivity contribution in [3.63, 3.8) is 0 Å². The average molecular weight is 218 g/mol. The first kappa shape index (κ1) is 12.7. The van der Waals surface area contributed by atoms with Crippen molar-refractivity contribution in [2.75, 3.05) is 19.9 Å². The lowest BCUT2D eigenvalue weighted by atomic mass is 10.2. The molecular formula is C8H12ClN3O2. The number of nitrogen functional groups attached to an aromatic ring is 1. The van der Waals surface area contributed by atoms with Gasteiger partial charge in [-0.1, -0.05) is 0 Å². The summed E-state index contributed by atoms with van der Waals surface area (Å²) < 4.78 is 0. The van der Waals surface area contributed by atoms with E-state index in [4.69, 9.17) is 10.6 Å². The zero-order valence-corrected chi connectivity index (χ0v) is 8.75. The molecule has 0 atom stereocenters. The van der Waals surface area contributed by atoms with E-state index < -0.39 is 0 Å². The van der Waals surface area contributed by atoms with E-state index in [1.165, 1.54) is 26.6 Å². The number of hydrogen-bond acceptors (Lipinski definition) is 4. The highest BCUT2D eigenvalue weighted by molar-refractivity contribution is 5.97. The smallest absolute Gasteiger partial charge is 0.280 e. The van der Waals surface area contributed by atoms with Crippen molar-refractivity contribution in [2.45, 2.75) is 0 Å². The number of carbonyl (C=O) groups excluding carboxylic acids is 1. The molecule has 0 aliphatic rings. The molecule has 0 saturated carbocycles. The molecule has 0 bridgehead atoms. The molecule has 0 unspecified atom stereocenters. The van der Waals surface area contributed by atoms with Crippen molar-refractivity contribution >= 4 is 24.0 Å². The van der Waals surface area contributed by atoms with Crippen molar-refractivity contribution in [1.82, 2.24) is 10.0 Å².